The van der Waals surface area contributed by atoms with Crippen LogP contribution in [-0.4, -0.2) is 17.8 Å². The molecule has 1 saturated carbocycles. The topological polar surface area (TPSA) is 29.5 Å². The first-order valence-electron chi connectivity index (χ1n) is 8.15. The van der Waals surface area contributed by atoms with Crippen LogP contribution >= 0.6 is 0 Å². The van der Waals surface area contributed by atoms with Crippen LogP contribution in [0.15, 0.2) is 23.0 Å². The van der Waals surface area contributed by atoms with Gasteiger partial charge in [0.15, 0.2) is 0 Å². The molecule has 0 radical (unpaired) electrons. The summed E-state index contributed by atoms with van der Waals surface area (Å²) in [5.74, 6) is 3.23. The van der Waals surface area contributed by atoms with E-state index in [-0.39, 0.29) is 0 Å². The van der Waals surface area contributed by atoms with Crippen molar-refractivity contribution in [3.63, 3.8) is 0 Å². The lowest BCUT2D eigenvalue weighted by Crippen LogP contribution is -2.39. The molecule has 0 aromatic heterocycles. The Labute approximate surface area is 122 Å². The van der Waals surface area contributed by atoms with E-state index in [4.69, 9.17) is 4.74 Å². The van der Waals surface area contributed by atoms with E-state index in [1.807, 2.05) is 13.8 Å². The number of hydrogen-bond acceptors (Lipinski definition) is 2. The molecule has 2 heteroatoms. The highest BCUT2D eigenvalue weighted by Gasteiger charge is 2.40. The number of hydrogen-bond donors (Lipinski definition) is 1. The predicted molar refractivity (Wildman–Crippen MR) is 81.2 cm³/mol. The lowest BCUT2D eigenvalue weighted by atomic mass is 9.61. The van der Waals surface area contributed by atoms with Crippen LogP contribution in [0.5, 0.6) is 0 Å². The highest BCUT2D eigenvalue weighted by molar-refractivity contribution is 5.31. The molecule has 0 aliphatic heterocycles. The van der Waals surface area contributed by atoms with Crippen LogP contribution in [0.1, 0.15) is 58.8 Å². The van der Waals surface area contributed by atoms with Crippen molar-refractivity contribution in [3.05, 3.63) is 23.0 Å². The second-order valence-electron chi connectivity index (χ2n) is 7.45. The Morgan fingerprint density at radius 1 is 1.25 bits per heavy atom. The zero-order valence-electron chi connectivity index (χ0n) is 13.1. The summed E-state index contributed by atoms with van der Waals surface area (Å²) in [6, 6.07) is 0. The quantitative estimate of drug-likeness (QED) is 0.766. The fourth-order valence-corrected chi connectivity index (χ4v) is 4.63. The minimum Gasteiger partial charge on any atom is -0.501 e. The summed E-state index contributed by atoms with van der Waals surface area (Å²) in [6.45, 7) is 3.97. The molecule has 0 heterocycles. The van der Waals surface area contributed by atoms with E-state index in [1.54, 1.807) is 18.3 Å². The van der Waals surface area contributed by atoms with Crippen LogP contribution in [0.25, 0.3) is 0 Å². The molecule has 3 rings (SSSR count). The standard InChI is InChI=1S/C18H28O2/c1-18(2,19)14-6-8-16-12(10-14)4-5-13-11-15(20-3)7-9-17(13)16/h7,12,14,16,19H,4-6,8-11H2,1-3H3. The Bertz CT molecular complexity index is 439. The third kappa shape index (κ3) is 2.55. The van der Waals surface area contributed by atoms with E-state index in [1.165, 1.54) is 32.1 Å². The lowest BCUT2D eigenvalue weighted by molar-refractivity contribution is -0.0198. The number of fused-ring (bicyclic) bond motifs is 2. The minimum absolute atomic E-state index is 0.486. The van der Waals surface area contributed by atoms with Crippen molar-refractivity contribution in [2.75, 3.05) is 7.11 Å². The summed E-state index contributed by atoms with van der Waals surface area (Å²) in [5, 5.41) is 10.3. The van der Waals surface area contributed by atoms with Gasteiger partial charge in [-0.1, -0.05) is 11.1 Å². The van der Waals surface area contributed by atoms with Gasteiger partial charge in [0.25, 0.3) is 0 Å². The zero-order valence-corrected chi connectivity index (χ0v) is 13.1. The van der Waals surface area contributed by atoms with Crippen LogP contribution in [0.3, 0.4) is 0 Å². The number of allylic oxidation sites excluding steroid dienone is 3. The van der Waals surface area contributed by atoms with E-state index >= 15 is 0 Å². The molecule has 1 N–H and O–H groups in total. The molecule has 3 aliphatic carbocycles. The van der Waals surface area contributed by atoms with Gasteiger partial charge >= 0.3 is 0 Å². The molecule has 2 nitrogen and oxygen atoms in total. The first kappa shape index (κ1) is 14.2. The van der Waals surface area contributed by atoms with E-state index < -0.39 is 5.60 Å². The molecule has 0 saturated heterocycles. The number of rotatable bonds is 2. The van der Waals surface area contributed by atoms with E-state index in [9.17, 15) is 5.11 Å². The van der Waals surface area contributed by atoms with Gasteiger partial charge in [-0.3, -0.25) is 0 Å². The van der Waals surface area contributed by atoms with Gasteiger partial charge in [0.05, 0.1) is 18.5 Å². The summed E-state index contributed by atoms with van der Waals surface area (Å²) in [6.07, 6.45) is 10.7. The highest BCUT2D eigenvalue weighted by atomic mass is 16.5. The molecule has 3 atom stereocenters. The summed E-state index contributed by atoms with van der Waals surface area (Å²) in [5.41, 5.74) is 2.87. The van der Waals surface area contributed by atoms with Gasteiger partial charge < -0.3 is 9.84 Å². The van der Waals surface area contributed by atoms with Crippen LogP contribution in [0.2, 0.25) is 0 Å². The maximum Gasteiger partial charge on any atom is 0.0959 e. The Hall–Kier alpha value is -0.760. The third-order valence-corrected chi connectivity index (χ3v) is 5.90. The SMILES string of the molecule is COC1=CCC2=C(CCC3CC(C(C)(C)O)CCC23)C1. The van der Waals surface area contributed by atoms with Crippen LogP contribution < -0.4 is 0 Å². The van der Waals surface area contributed by atoms with E-state index in [2.05, 4.69) is 6.08 Å². The van der Waals surface area contributed by atoms with Gasteiger partial charge in [-0.15, -0.1) is 0 Å². The number of ether oxygens (including phenoxy) is 1. The Kier molecular flexibility index (Phi) is 3.70. The molecular formula is C18H28O2. The zero-order chi connectivity index (χ0) is 14.3. The Balaban J connectivity index is 1.73. The van der Waals surface area contributed by atoms with Gasteiger partial charge in [0.1, 0.15) is 0 Å². The van der Waals surface area contributed by atoms with Crippen LogP contribution in [-0.2, 0) is 4.74 Å². The average Bonchev–Trinajstić information content (AvgIpc) is 2.44. The minimum atomic E-state index is -0.505. The summed E-state index contributed by atoms with van der Waals surface area (Å²) < 4.78 is 5.43. The number of methoxy groups -OCH3 is 1. The summed E-state index contributed by atoms with van der Waals surface area (Å²) >= 11 is 0. The lowest BCUT2D eigenvalue weighted by Gasteiger charge is -2.45. The fourth-order valence-electron chi connectivity index (χ4n) is 4.63. The van der Waals surface area contributed by atoms with Crippen LogP contribution in [0.4, 0.5) is 0 Å². The summed E-state index contributed by atoms with van der Waals surface area (Å²) in [4.78, 5) is 0. The predicted octanol–water partition coefficient (Wildman–Crippen LogP) is 4.20. The molecule has 0 aromatic carbocycles. The van der Waals surface area contributed by atoms with Crippen molar-refractivity contribution in [1.29, 1.82) is 0 Å². The van der Waals surface area contributed by atoms with Gasteiger partial charge in [-0.2, -0.15) is 0 Å². The molecule has 1 fully saturated rings. The highest BCUT2D eigenvalue weighted by Crippen LogP contribution is 2.50. The molecule has 20 heavy (non-hydrogen) atoms. The van der Waals surface area contributed by atoms with Crippen molar-refractivity contribution >= 4 is 0 Å². The Morgan fingerprint density at radius 2 is 2.05 bits per heavy atom. The monoisotopic (exact) mass is 276 g/mol. The molecular weight excluding hydrogens is 248 g/mol. The second kappa shape index (κ2) is 5.22. The largest absolute Gasteiger partial charge is 0.501 e. The molecule has 0 aromatic rings. The van der Waals surface area contributed by atoms with Gasteiger partial charge in [-0.25, -0.2) is 0 Å². The van der Waals surface area contributed by atoms with Crippen LogP contribution in [0, 0.1) is 17.8 Å². The van der Waals surface area contributed by atoms with E-state index in [0.717, 1.165) is 30.4 Å². The smallest absolute Gasteiger partial charge is 0.0959 e. The molecule has 3 unspecified atom stereocenters. The van der Waals surface area contributed by atoms with Crippen molar-refractivity contribution in [1.82, 2.24) is 0 Å². The second-order valence-corrected chi connectivity index (χ2v) is 7.45. The maximum absolute atomic E-state index is 10.3. The van der Waals surface area contributed by atoms with Gasteiger partial charge in [0, 0.05) is 6.42 Å². The van der Waals surface area contributed by atoms with Gasteiger partial charge in [-0.05, 0) is 76.2 Å². The molecule has 0 amide bonds. The molecule has 3 aliphatic rings. The van der Waals surface area contributed by atoms with Crippen molar-refractivity contribution in [2.45, 2.75) is 64.4 Å². The Morgan fingerprint density at radius 3 is 2.75 bits per heavy atom. The van der Waals surface area contributed by atoms with Crippen molar-refractivity contribution < 1.29 is 9.84 Å². The molecule has 0 spiro atoms. The van der Waals surface area contributed by atoms with Gasteiger partial charge in [0.2, 0.25) is 0 Å². The maximum atomic E-state index is 10.3. The van der Waals surface area contributed by atoms with Crippen molar-refractivity contribution in [3.8, 4) is 0 Å². The molecule has 0 bridgehead atoms. The molecule has 112 valence electrons. The normalized spacial score (nSPS) is 34.2. The first-order chi connectivity index (χ1) is 9.49. The van der Waals surface area contributed by atoms with Crippen molar-refractivity contribution in [2.24, 2.45) is 17.8 Å². The summed E-state index contributed by atoms with van der Waals surface area (Å²) in [7, 11) is 1.79. The fraction of sp³-hybridized carbons (Fsp3) is 0.778. The average molecular weight is 276 g/mol. The first-order valence-corrected chi connectivity index (χ1v) is 8.15. The third-order valence-electron chi connectivity index (χ3n) is 5.90. The number of aliphatic hydroxyl groups is 1. The van der Waals surface area contributed by atoms with E-state index in [0.29, 0.717) is 5.92 Å².